The Bertz CT molecular complexity index is 1270. The number of fused-ring (bicyclic) bond motifs is 3. The van der Waals surface area contributed by atoms with Crippen LogP contribution in [0.4, 0.5) is 0 Å². The highest BCUT2D eigenvalue weighted by atomic mass is 16.5. The number of hydrogen-bond donors (Lipinski definition) is 3. The largest absolute Gasteiger partial charge is 0.507 e. The van der Waals surface area contributed by atoms with Crippen LogP contribution in [0.5, 0.6) is 5.75 Å². The van der Waals surface area contributed by atoms with E-state index in [1.165, 1.54) is 31.1 Å². The van der Waals surface area contributed by atoms with E-state index in [0.717, 1.165) is 0 Å². The third-order valence-electron chi connectivity index (χ3n) is 8.49. The van der Waals surface area contributed by atoms with E-state index in [1.807, 2.05) is 0 Å². The van der Waals surface area contributed by atoms with Gasteiger partial charge < -0.3 is 20.7 Å². The van der Waals surface area contributed by atoms with Crippen LogP contribution in [0.1, 0.15) is 41.6 Å². The van der Waals surface area contributed by atoms with Crippen molar-refractivity contribution in [2.24, 2.45) is 35.3 Å². The zero-order valence-electron chi connectivity index (χ0n) is 20.5. The minimum Gasteiger partial charge on any atom is -0.507 e. The van der Waals surface area contributed by atoms with Crippen LogP contribution in [-0.4, -0.2) is 82.0 Å². The van der Waals surface area contributed by atoms with Crippen molar-refractivity contribution in [2.75, 3.05) is 14.1 Å². The topological polar surface area (TPSA) is 181 Å². The van der Waals surface area contributed by atoms with Crippen molar-refractivity contribution in [3.05, 3.63) is 29.3 Å². The van der Waals surface area contributed by atoms with Gasteiger partial charge in [-0.25, -0.2) is 0 Å². The molecular weight excluding hydrogens is 484 g/mol. The van der Waals surface area contributed by atoms with Crippen molar-refractivity contribution < 1.29 is 43.7 Å². The Labute approximate surface area is 211 Å². The van der Waals surface area contributed by atoms with Crippen molar-refractivity contribution in [1.82, 2.24) is 4.90 Å². The van der Waals surface area contributed by atoms with Gasteiger partial charge in [0, 0.05) is 5.92 Å². The van der Waals surface area contributed by atoms with Crippen molar-refractivity contribution in [3.8, 4) is 5.75 Å². The summed E-state index contributed by atoms with van der Waals surface area (Å²) in [5.74, 6) is -14.1. The van der Waals surface area contributed by atoms with Crippen LogP contribution in [0.2, 0.25) is 0 Å². The number of rotatable bonds is 4. The summed E-state index contributed by atoms with van der Waals surface area (Å²) in [6.45, 7) is 1.70. The number of phenols is 1. The minimum atomic E-state index is -3.00. The summed E-state index contributed by atoms with van der Waals surface area (Å²) in [5, 5.41) is 22.4. The number of carbonyl (C=O) groups is 6. The molecule has 37 heavy (non-hydrogen) atoms. The molecule has 4 aliphatic carbocycles. The number of aliphatic hydroxyl groups is 1. The molecule has 0 bridgehead atoms. The number of Topliss-reactive ketones (excluding diaryl/α,β-unsaturated/α-hetero) is 4. The van der Waals surface area contributed by atoms with Gasteiger partial charge in [0.2, 0.25) is 5.91 Å². The van der Waals surface area contributed by atoms with E-state index in [2.05, 4.69) is 0 Å². The molecule has 0 heterocycles. The Morgan fingerprint density at radius 2 is 1.76 bits per heavy atom. The molecule has 11 nitrogen and oxygen atoms in total. The van der Waals surface area contributed by atoms with E-state index >= 15 is 0 Å². The fourth-order valence-corrected chi connectivity index (χ4v) is 6.62. The second-order valence-corrected chi connectivity index (χ2v) is 10.8. The zero-order chi connectivity index (χ0) is 27.1. The monoisotopic (exact) mass is 512 g/mol. The maximum absolute atomic E-state index is 14.0. The van der Waals surface area contributed by atoms with E-state index < -0.39 is 88.3 Å². The number of ketones is 4. The normalized spacial score (nSPS) is 37.1. The smallest absolute Gasteiger partial charge is 0.309 e. The Morgan fingerprint density at radius 1 is 1.11 bits per heavy atom. The summed E-state index contributed by atoms with van der Waals surface area (Å²) in [7, 11) is 2.94. The Balaban J connectivity index is 1.76. The lowest BCUT2D eigenvalue weighted by atomic mass is 9.49. The number of benzene rings is 1. The van der Waals surface area contributed by atoms with Crippen LogP contribution in [0, 0.1) is 29.6 Å². The Hall–Kier alpha value is -3.44. The molecule has 5 rings (SSSR count). The molecule has 0 saturated heterocycles. The lowest BCUT2D eigenvalue weighted by Crippen LogP contribution is -2.78. The van der Waals surface area contributed by atoms with E-state index in [9.17, 15) is 39.0 Å². The number of phenolic OH excluding ortho intramolecular Hbond substituents is 1. The molecule has 3 saturated carbocycles. The number of likely N-dealkylation sites (N-methyl/N-ethyl adjacent to an activating group) is 1. The molecule has 4 aliphatic rings. The van der Waals surface area contributed by atoms with Crippen molar-refractivity contribution in [2.45, 2.75) is 43.4 Å². The van der Waals surface area contributed by atoms with Gasteiger partial charge in [-0.2, -0.15) is 0 Å². The fraction of sp³-hybridized carbons (Fsp3) is 0.538. The Kier molecular flexibility index (Phi) is 5.65. The number of hydrogen-bond acceptors (Lipinski definition) is 10. The van der Waals surface area contributed by atoms with E-state index in [-0.39, 0.29) is 11.3 Å². The van der Waals surface area contributed by atoms with Gasteiger partial charge in [0.25, 0.3) is 0 Å². The molecule has 1 aromatic rings. The minimum absolute atomic E-state index is 0.117. The first kappa shape index (κ1) is 25.2. The maximum atomic E-state index is 14.0. The Morgan fingerprint density at radius 3 is 2.32 bits per heavy atom. The predicted molar refractivity (Wildman–Crippen MR) is 124 cm³/mol. The molecule has 2 unspecified atom stereocenters. The first-order valence-corrected chi connectivity index (χ1v) is 12.2. The number of esters is 1. The highest BCUT2D eigenvalue weighted by Crippen LogP contribution is 2.55. The van der Waals surface area contributed by atoms with E-state index in [1.54, 1.807) is 13.0 Å². The maximum Gasteiger partial charge on any atom is 0.309 e. The van der Waals surface area contributed by atoms with E-state index in [4.69, 9.17) is 10.5 Å². The number of primary amides is 1. The van der Waals surface area contributed by atoms with Crippen LogP contribution in [-0.2, 0) is 28.7 Å². The summed E-state index contributed by atoms with van der Waals surface area (Å²) in [4.78, 5) is 81.2. The van der Waals surface area contributed by atoms with Gasteiger partial charge in [0.1, 0.15) is 11.9 Å². The number of ether oxygens (including phenoxy) is 1. The summed E-state index contributed by atoms with van der Waals surface area (Å²) >= 11 is 0. The highest BCUT2D eigenvalue weighted by molar-refractivity contribution is 6.32. The second-order valence-electron chi connectivity index (χ2n) is 10.8. The van der Waals surface area contributed by atoms with Gasteiger partial charge >= 0.3 is 5.97 Å². The molecule has 3 fully saturated rings. The molecule has 0 radical (unpaired) electrons. The van der Waals surface area contributed by atoms with Crippen LogP contribution in [0.15, 0.2) is 18.2 Å². The molecule has 1 aromatic carbocycles. The summed E-state index contributed by atoms with van der Waals surface area (Å²) in [6.07, 6.45) is -0.237. The zero-order valence-corrected chi connectivity index (χ0v) is 20.5. The number of nitrogens with two attached hydrogens (primary N) is 1. The molecule has 11 heteroatoms. The average Bonchev–Trinajstić information content (AvgIpc) is 3.66. The second kappa shape index (κ2) is 8.29. The molecule has 8 atom stereocenters. The fourth-order valence-electron chi connectivity index (χ4n) is 6.62. The van der Waals surface area contributed by atoms with Gasteiger partial charge in [0.15, 0.2) is 34.7 Å². The van der Waals surface area contributed by atoms with Crippen molar-refractivity contribution in [1.29, 1.82) is 0 Å². The van der Waals surface area contributed by atoms with Gasteiger partial charge in [-0.15, -0.1) is 0 Å². The molecular formula is C26H28N2O9. The number of carbonyl (C=O) groups excluding carboxylic acids is 6. The average molecular weight is 513 g/mol. The molecule has 4 N–H and O–H groups in total. The summed E-state index contributed by atoms with van der Waals surface area (Å²) in [6, 6.07) is 3.05. The van der Waals surface area contributed by atoms with Crippen LogP contribution in [0.3, 0.4) is 0 Å². The van der Waals surface area contributed by atoms with Gasteiger partial charge in [-0.3, -0.25) is 33.7 Å². The van der Waals surface area contributed by atoms with Gasteiger partial charge in [0.05, 0.1) is 29.4 Å². The quantitative estimate of drug-likeness (QED) is 0.347. The highest BCUT2D eigenvalue weighted by Gasteiger charge is 2.74. The number of nitrogens with zero attached hydrogens (tertiary/aromatic N) is 1. The van der Waals surface area contributed by atoms with E-state index in [0.29, 0.717) is 18.4 Å². The van der Waals surface area contributed by atoms with Gasteiger partial charge in [-0.05, 0) is 44.5 Å². The van der Waals surface area contributed by atoms with Gasteiger partial charge in [-0.1, -0.05) is 19.1 Å². The molecule has 0 aromatic heterocycles. The molecule has 0 aliphatic heterocycles. The first-order valence-electron chi connectivity index (χ1n) is 12.2. The first-order chi connectivity index (χ1) is 17.3. The van der Waals surface area contributed by atoms with Crippen LogP contribution >= 0.6 is 0 Å². The third kappa shape index (κ3) is 3.33. The molecule has 0 spiro atoms. The standard InChI is InChI=1S/C26H28N2O9/c1-9-11-5-4-6-12(29)14(11)19(30)15-13(9)21(37-25(35)10-7-8-10)17-18(28(2)3)20(31)16(24(27)34)23(33)26(17,36)22(15)32/h4-6,9-10,13,15-18,21,29,36H,7-8H2,1-3H3,(H2,27,34)/t9-,13+,15?,16?,17+,18-,21-,26-/m1/s1. The molecule has 1 amide bonds. The number of amides is 1. The lowest BCUT2D eigenvalue weighted by Gasteiger charge is -2.56. The summed E-state index contributed by atoms with van der Waals surface area (Å²) < 4.78 is 5.89. The van der Waals surface area contributed by atoms with Crippen LogP contribution < -0.4 is 5.73 Å². The van der Waals surface area contributed by atoms with Crippen LogP contribution in [0.25, 0.3) is 0 Å². The van der Waals surface area contributed by atoms with Crippen molar-refractivity contribution >= 4 is 35.0 Å². The van der Waals surface area contributed by atoms with Crippen molar-refractivity contribution in [3.63, 3.8) is 0 Å². The molecule has 196 valence electrons. The lowest BCUT2D eigenvalue weighted by molar-refractivity contribution is -0.206. The summed E-state index contributed by atoms with van der Waals surface area (Å²) in [5.41, 5.74) is 2.65. The predicted octanol–water partition coefficient (Wildman–Crippen LogP) is -0.640. The third-order valence-corrected chi connectivity index (χ3v) is 8.49. The SMILES string of the molecule is C[C@@H]1c2cccc(O)c2C(=O)C2C(=O)[C@@]3(O)C(=O)C(C(N)=O)C(=O)[C@H](N(C)C)[C@H]3[C@H](OC(=O)C3CC3)[C@H]21. The number of aromatic hydroxyl groups is 1.